The lowest BCUT2D eigenvalue weighted by Crippen LogP contribution is -2.17. The number of carbonyl (C=O) groups is 1. The Balaban J connectivity index is 2.16. The first-order valence-corrected chi connectivity index (χ1v) is 3.76. The average molecular weight is 164 g/mol. The normalized spacial score (nSPS) is 14.7. The van der Waals surface area contributed by atoms with Crippen molar-refractivity contribution in [3.8, 4) is 11.5 Å². The van der Waals surface area contributed by atoms with Gasteiger partial charge in [0.15, 0.2) is 11.5 Å². The predicted octanol–water partition coefficient (Wildman–Crippen LogP) is 1.37. The van der Waals surface area contributed by atoms with Crippen LogP contribution in [0.3, 0.4) is 0 Å². The maximum absolute atomic E-state index is 10.2. The van der Waals surface area contributed by atoms with Gasteiger partial charge in [0.1, 0.15) is 6.29 Å². The molecule has 2 rings (SSSR count). The molecule has 3 heteroatoms. The minimum atomic E-state index is -0.431. The van der Waals surface area contributed by atoms with Crippen molar-refractivity contribution < 1.29 is 14.3 Å². The summed E-state index contributed by atoms with van der Waals surface area (Å²) in [7, 11) is 0. The average Bonchev–Trinajstić information content (AvgIpc) is 2.47. The number of hydrogen-bond acceptors (Lipinski definition) is 3. The fourth-order valence-corrected chi connectivity index (χ4v) is 1.13. The van der Waals surface area contributed by atoms with Crippen molar-refractivity contribution in [2.24, 2.45) is 0 Å². The third-order valence-electron chi connectivity index (χ3n) is 1.65. The van der Waals surface area contributed by atoms with Gasteiger partial charge >= 0.3 is 0 Å². The van der Waals surface area contributed by atoms with E-state index in [9.17, 15) is 4.79 Å². The summed E-state index contributed by atoms with van der Waals surface area (Å²) in [6.07, 6.45) is 0.630. The van der Waals surface area contributed by atoms with Gasteiger partial charge in [0.25, 0.3) is 0 Å². The highest BCUT2D eigenvalue weighted by molar-refractivity contribution is 5.51. The Kier molecular flexibility index (Phi) is 1.70. The van der Waals surface area contributed by atoms with Gasteiger partial charge in [-0.3, -0.25) is 0 Å². The number of fused-ring (bicyclic) bond motifs is 1. The second kappa shape index (κ2) is 2.85. The van der Waals surface area contributed by atoms with E-state index in [1.54, 1.807) is 0 Å². The molecule has 0 fully saturated rings. The molecule has 0 saturated heterocycles. The monoisotopic (exact) mass is 164 g/mol. The van der Waals surface area contributed by atoms with E-state index in [1.807, 2.05) is 24.3 Å². The summed E-state index contributed by atoms with van der Waals surface area (Å²) in [5, 5.41) is 0. The summed E-state index contributed by atoms with van der Waals surface area (Å²) < 4.78 is 10.6. The van der Waals surface area contributed by atoms with Gasteiger partial charge in [-0.05, 0) is 12.1 Å². The number of benzene rings is 1. The number of para-hydroxylation sites is 2. The lowest BCUT2D eigenvalue weighted by atomic mass is 10.3. The Morgan fingerprint density at radius 3 is 2.33 bits per heavy atom. The van der Waals surface area contributed by atoms with Crippen LogP contribution in [-0.2, 0) is 4.79 Å². The standard InChI is InChI=1S/C9H8O3/c10-6-5-9-11-7-3-1-2-4-8(7)12-9/h1-4,6,9H,5H2. The maximum atomic E-state index is 10.2. The second-order valence-corrected chi connectivity index (χ2v) is 2.51. The third kappa shape index (κ3) is 1.13. The molecule has 0 aliphatic carbocycles. The van der Waals surface area contributed by atoms with Crippen LogP contribution in [0.15, 0.2) is 24.3 Å². The number of hydrogen-bond donors (Lipinski definition) is 0. The summed E-state index contributed by atoms with van der Waals surface area (Å²) in [5.74, 6) is 1.42. The smallest absolute Gasteiger partial charge is 0.248 e. The summed E-state index contributed by atoms with van der Waals surface area (Å²) in [6.45, 7) is 0. The van der Waals surface area contributed by atoms with Crippen molar-refractivity contribution in [2.45, 2.75) is 12.7 Å². The number of ether oxygens (including phenoxy) is 2. The van der Waals surface area contributed by atoms with Crippen molar-refractivity contribution in [3.63, 3.8) is 0 Å². The summed E-state index contributed by atoms with van der Waals surface area (Å²) in [6, 6.07) is 7.37. The van der Waals surface area contributed by atoms with Crippen molar-refractivity contribution >= 4 is 6.29 Å². The Morgan fingerprint density at radius 1 is 1.25 bits per heavy atom. The highest BCUT2D eigenvalue weighted by atomic mass is 16.7. The van der Waals surface area contributed by atoms with Gasteiger partial charge in [0, 0.05) is 0 Å². The highest BCUT2D eigenvalue weighted by Gasteiger charge is 2.22. The molecule has 1 aromatic carbocycles. The van der Waals surface area contributed by atoms with E-state index in [-0.39, 0.29) is 6.42 Å². The number of carbonyl (C=O) groups excluding carboxylic acids is 1. The Hall–Kier alpha value is -1.51. The van der Waals surface area contributed by atoms with Gasteiger partial charge in [-0.2, -0.15) is 0 Å². The van der Waals surface area contributed by atoms with Crippen LogP contribution in [0.2, 0.25) is 0 Å². The molecule has 0 bridgehead atoms. The summed E-state index contributed by atoms with van der Waals surface area (Å²) in [4.78, 5) is 10.2. The lowest BCUT2D eigenvalue weighted by molar-refractivity contribution is -0.111. The van der Waals surface area contributed by atoms with Crippen LogP contribution in [0.4, 0.5) is 0 Å². The van der Waals surface area contributed by atoms with Crippen molar-refractivity contribution in [3.05, 3.63) is 24.3 Å². The minimum absolute atomic E-state index is 0.272. The molecule has 0 N–H and O–H groups in total. The molecular weight excluding hydrogens is 156 g/mol. The molecule has 1 aliphatic rings. The third-order valence-corrected chi connectivity index (χ3v) is 1.65. The van der Waals surface area contributed by atoms with Gasteiger partial charge in [0.2, 0.25) is 6.29 Å². The fourth-order valence-electron chi connectivity index (χ4n) is 1.13. The van der Waals surface area contributed by atoms with Crippen LogP contribution in [0.1, 0.15) is 6.42 Å². The van der Waals surface area contributed by atoms with Gasteiger partial charge in [-0.1, -0.05) is 12.1 Å². The second-order valence-electron chi connectivity index (χ2n) is 2.51. The van der Waals surface area contributed by atoms with Crippen LogP contribution < -0.4 is 9.47 Å². The van der Waals surface area contributed by atoms with Gasteiger partial charge in [-0.15, -0.1) is 0 Å². The van der Waals surface area contributed by atoms with E-state index in [0.717, 1.165) is 6.29 Å². The zero-order valence-corrected chi connectivity index (χ0v) is 6.40. The molecule has 0 atom stereocenters. The quantitative estimate of drug-likeness (QED) is 0.619. The van der Waals surface area contributed by atoms with Crippen LogP contribution in [0, 0.1) is 0 Å². The Labute approximate surface area is 69.9 Å². The molecule has 0 unspecified atom stereocenters. The van der Waals surface area contributed by atoms with Gasteiger partial charge in [0.05, 0.1) is 6.42 Å². The minimum Gasteiger partial charge on any atom is -0.451 e. The van der Waals surface area contributed by atoms with E-state index in [1.165, 1.54) is 0 Å². The topological polar surface area (TPSA) is 35.5 Å². The molecule has 0 radical (unpaired) electrons. The Bertz CT molecular complexity index is 271. The van der Waals surface area contributed by atoms with Crippen molar-refractivity contribution in [1.29, 1.82) is 0 Å². The largest absolute Gasteiger partial charge is 0.451 e. The van der Waals surface area contributed by atoms with E-state index < -0.39 is 6.29 Å². The zero-order valence-electron chi connectivity index (χ0n) is 6.40. The van der Waals surface area contributed by atoms with E-state index in [0.29, 0.717) is 11.5 Å². The molecule has 0 aromatic heterocycles. The first-order valence-electron chi connectivity index (χ1n) is 3.76. The maximum Gasteiger partial charge on any atom is 0.248 e. The van der Waals surface area contributed by atoms with E-state index in [4.69, 9.17) is 9.47 Å². The SMILES string of the molecule is O=CCC1Oc2ccccc2O1. The molecule has 1 heterocycles. The van der Waals surface area contributed by atoms with Crippen LogP contribution in [-0.4, -0.2) is 12.6 Å². The molecule has 12 heavy (non-hydrogen) atoms. The number of aldehydes is 1. The summed E-state index contributed by atoms with van der Waals surface area (Å²) >= 11 is 0. The molecular formula is C9H8O3. The molecule has 1 aromatic rings. The predicted molar refractivity (Wildman–Crippen MR) is 42.2 cm³/mol. The molecule has 0 saturated carbocycles. The Morgan fingerprint density at radius 2 is 1.83 bits per heavy atom. The van der Waals surface area contributed by atoms with Crippen LogP contribution in [0.25, 0.3) is 0 Å². The molecule has 1 aliphatic heterocycles. The zero-order chi connectivity index (χ0) is 8.39. The fraction of sp³-hybridized carbons (Fsp3) is 0.222. The van der Waals surface area contributed by atoms with Gasteiger partial charge < -0.3 is 14.3 Å². The molecule has 3 nitrogen and oxygen atoms in total. The first-order chi connectivity index (χ1) is 5.90. The van der Waals surface area contributed by atoms with Crippen LogP contribution in [0.5, 0.6) is 11.5 Å². The molecule has 0 spiro atoms. The first kappa shape index (κ1) is 7.16. The summed E-state index contributed by atoms with van der Waals surface area (Å²) in [5.41, 5.74) is 0. The highest BCUT2D eigenvalue weighted by Crippen LogP contribution is 2.34. The van der Waals surface area contributed by atoms with E-state index >= 15 is 0 Å². The van der Waals surface area contributed by atoms with Gasteiger partial charge in [-0.25, -0.2) is 0 Å². The van der Waals surface area contributed by atoms with Crippen LogP contribution >= 0.6 is 0 Å². The molecule has 0 amide bonds. The van der Waals surface area contributed by atoms with Crippen molar-refractivity contribution in [2.75, 3.05) is 0 Å². The number of rotatable bonds is 2. The lowest BCUT2D eigenvalue weighted by Gasteiger charge is -2.04. The molecule has 62 valence electrons. The van der Waals surface area contributed by atoms with E-state index in [2.05, 4.69) is 0 Å². The van der Waals surface area contributed by atoms with Crippen molar-refractivity contribution in [1.82, 2.24) is 0 Å².